The van der Waals surface area contributed by atoms with Crippen LogP contribution in [0, 0.1) is 0 Å². The number of nitrogens with zero attached hydrogens (tertiary/aromatic N) is 2. The maximum absolute atomic E-state index is 12.4. The fourth-order valence-electron chi connectivity index (χ4n) is 3.12. The van der Waals surface area contributed by atoms with Gasteiger partial charge in [0.15, 0.2) is 0 Å². The summed E-state index contributed by atoms with van der Waals surface area (Å²) in [5.74, 6) is 0.182. The van der Waals surface area contributed by atoms with E-state index < -0.39 is 5.63 Å². The molecule has 0 saturated heterocycles. The van der Waals surface area contributed by atoms with Crippen LogP contribution >= 0.6 is 0 Å². The van der Waals surface area contributed by atoms with Gasteiger partial charge < -0.3 is 13.9 Å². The maximum Gasteiger partial charge on any atom is 0.349 e. The van der Waals surface area contributed by atoms with Crippen LogP contribution in [0.15, 0.2) is 80.4 Å². The molecule has 1 N–H and O–H groups in total. The van der Waals surface area contributed by atoms with Gasteiger partial charge in [-0.1, -0.05) is 42.5 Å². The van der Waals surface area contributed by atoms with Crippen LogP contribution in [0.3, 0.4) is 0 Å². The molecule has 0 spiro atoms. The summed E-state index contributed by atoms with van der Waals surface area (Å²) < 4.78 is 11.1. The van der Waals surface area contributed by atoms with Crippen LogP contribution in [0.2, 0.25) is 0 Å². The predicted octanol–water partition coefficient (Wildman–Crippen LogP) is 4.37. The first kappa shape index (κ1) is 15.3. The molecule has 0 atom stereocenters. The van der Waals surface area contributed by atoms with E-state index in [1.54, 1.807) is 30.3 Å². The average Bonchev–Trinajstić information content (AvgIpc) is 3.17. The molecule has 2 heterocycles. The Labute approximate surface area is 152 Å². The summed E-state index contributed by atoms with van der Waals surface area (Å²) in [4.78, 5) is 12.4. The summed E-state index contributed by atoms with van der Waals surface area (Å²) in [7, 11) is 0. The van der Waals surface area contributed by atoms with Crippen molar-refractivity contribution in [1.82, 2.24) is 10.2 Å². The number of rotatable bonds is 2. The number of phenolic OH excluding ortho intramolecular Hbond substituents is 1. The Balaban J connectivity index is 1.71. The number of para-hydroxylation sites is 1. The molecule has 3 aromatic carbocycles. The Bertz CT molecular complexity index is 1370. The first-order chi connectivity index (χ1) is 13.2. The predicted molar refractivity (Wildman–Crippen MR) is 100 cm³/mol. The van der Waals surface area contributed by atoms with Crippen molar-refractivity contribution < 1.29 is 13.9 Å². The number of aromatic nitrogens is 2. The van der Waals surface area contributed by atoms with Crippen molar-refractivity contribution in [2.45, 2.75) is 0 Å². The Morgan fingerprint density at radius 3 is 2.33 bits per heavy atom. The lowest BCUT2D eigenvalue weighted by Crippen LogP contribution is -2.03. The Hall–Kier alpha value is -3.93. The van der Waals surface area contributed by atoms with E-state index in [9.17, 15) is 9.90 Å². The third-order valence-corrected chi connectivity index (χ3v) is 4.43. The van der Waals surface area contributed by atoms with Crippen LogP contribution in [0.4, 0.5) is 0 Å². The number of benzene rings is 3. The third-order valence-electron chi connectivity index (χ3n) is 4.43. The van der Waals surface area contributed by atoms with E-state index >= 15 is 0 Å². The molecule has 0 bridgehead atoms. The SMILES string of the molecule is O=c1oc2ccc3ccccc3c2cc1-c1nnc(-c2ccccc2O)o1. The van der Waals surface area contributed by atoms with Crippen LogP contribution in [-0.4, -0.2) is 15.3 Å². The van der Waals surface area contributed by atoms with Gasteiger partial charge in [0, 0.05) is 5.39 Å². The highest BCUT2D eigenvalue weighted by atomic mass is 16.4. The topological polar surface area (TPSA) is 89.4 Å². The van der Waals surface area contributed by atoms with Crippen molar-refractivity contribution >= 4 is 21.7 Å². The second-order valence-electron chi connectivity index (χ2n) is 6.08. The zero-order valence-corrected chi connectivity index (χ0v) is 13.9. The van der Waals surface area contributed by atoms with Crippen LogP contribution in [0.1, 0.15) is 0 Å². The molecule has 0 radical (unpaired) electrons. The van der Waals surface area contributed by atoms with Gasteiger partial charge in [-0.2, -0.15) is 0 Å². The van der Waals surface area contributed by atoms with Gasteiger partial charge in [-0.05, 0) is 35.0 Å². The summed E-state index contributed by atoms with van der Waals surface area (Å²) in [6.45, 7) is 0. The lowest BCUT2D eigenvalue weighted by molar-refractivity contribution is 0.473. The fraction of sp³-hybridized carbons (Fsp3) is 0. The Kier molecular flexibility index (Phi) is 3.30. The molecule has 0 fully saturated rings. The summed E-state index contributed by atoms with van der Waals surface area (Å²) in [5, 5.41) is 20.6. The van der Waals surface area contributed by atoms with Crippen molar-refractivity contribution in [3.63, 3.8) is 0 Å². The monoisotopic (exact) mass is 356 g/mol. The molecule has 0 aliphatic heterocycles. The van der Waals surface area contributed by atoms with Gasteiger partial charge in [-0.15, -0.1) is 10.2 Å². The molecule has 5 aromatic rings. The highest BCUT2D eigenvalue weighted by Gasteiger charge is 2.18. The number of aromatic hydroxyl groups is 1. The van der Waals surface area contributed by atoms with Crippen LogP contribution in [0.25, 0.3) is 44.7 Å². The maximum atomic E-state index is 12.4. The molecule has 0 unspecified atom stereocenters. The van der Waals surface area contributed by atoms with E-state index in [-0.39, 0.29) is 23.1 Å². The zero-order valence-electron chi connectivity index (χ0n) is 13.9. The van der Waals surface area contributed by atoms with Gasteiger partial charge in [-0.3, -0.25) is 0 Å². The van der Waals surface area contributed by atoms with Gasteiger partial charge in [0.1, 0.15) is 16.9 Å². The lowest BCUT2D eigenvalue weighted by atomic mass is 10.0. The second kappa shape index (κ2) is 5.81. The first-order valence-electron chi connectivity index (χ1n) is 8.28. The van der Waals surface area contributed by atoms with Gasteiger partial charge in [-0.25, -0.2) is 4.79 Å². The van der Waals surface area contributed by atoms with Gasteiger partial charge in [0.25, 0.3) is 11.8 Å². The molecule has 6 nitrogen and oxygen atoms in total. The molecule has 0 aliphatic carbocycles. The molecular formula is C21H12N2O4. The molecule has 0 aliphatic rings. The van der Waals surface area contributed by atoms with Crippen LogP contribution < -0.4 is 5.63 Å². The first-order valence-corrected chi connectivity index (χ1v) is 8.28. The van der Waals surface area contributed by atoms with Crippen molar-refractivity contribution in [2.24, 2.45) is 0 Å². The molecular weight excluding hydrogens is 344 g/mol. The minimum atomic E-state index is -0.565. The Morgan fingerprint density at radius 2 is 1.48 bits per heavy atom. The minimum Gasteiger partial charge on any atom is -0.507 e. The summed E-state index contributed by atoms with van der Waals surface area (Å²) in [5.41, 5.74) is 0.494. The van der Waals surface area contributed by atoms with E-state index in [2.05, 4.69) is 10.2 Å². The Morgan fingerprint density at radius 1 is 0.741 bits per heavy atom. The summed E-state index contributed by atoms with van der Waals surface area (Å²) >= 11 is 0. The molecule has 0 amide bonds. The third kappa shape index (κ3) is 2.46. The fourth-order valence-corrected chi connectivity index (χ4v) is 3.12. The van der Waals surface area contributed by atoms with E-state index in [0.29, 0.717) is 11.1 Å². The molecule has 130 valence electrons. The van der Waals surface area contributed by atoms with Crippen molar-refractivity contribution in [2.75, 3.05) is 0 Å². The second-order valence-corrected chi connectivity index (χ2v) is 6.08. The van der Waals surface area contributed by atoms with Crippen LogP contribution in [0.5, 0.6) is 5.75 Å². The van der Waals surface area contributed by atoms with Gasteiger partial charge in [0.2, 0.25) is 0 Å². The molecule has 2 aromatic heterocycles. The van der Waals surface area contributed by atoms with E-state index in [0.717, 1.165) is 16.2 Å². The largest absolute Gasteiger partial charge is 0.507 e. The van der Waals surface area contributed by atoms with E-state index in [1.165, 1.54) is 6.07 Å². The number of hydrogen-bond donors (Lipinski definition) is 1. The zero-order chi connectivity index (χ0) is 18.4. The lowest BCUT2D eigenvalue weighted by Gasteiger charge is -2.03. The number of hydrogen-bond acceptors (Lipinski definition) is 6. The summed E-state index contributed by atoms with van der Waals surface area (Å²) in [6, 6.07) is 19.8. The van der Waals surface area contributed by atoms with Crippen LogP contribution in [-0.2, 0) is 0 Å². The minimum absolute atomic E-state index is 0.0178. The van der Waals surface area contributed by atoms with Crippen molar-refractivity contribution in [1.29, 1.82) is 0 Å². The van der Waals surface area contributed by atoms with E-state index in [4.69, 9.17) is 8.83 Å². The molecule has 27 heavy (non-hydrogen) atoms. The molecule has 6 heteroatoms. The quantitative estimate of drug-likeness (QED) is 0.373. The molecule has 5 rings (SSSR count). The smallest absolute Gasteiger partial charge is 0.349 e. The highest BCUT2D eigenvalue weighted by molar-refractivity contribution is 6.06. The normalized spacial score (nSPS) is 11.3. The number of fused-ring (bicyclic) bond motifs is 3. The van der Waals surface area contributed by atoms with Gasteiger partial charge >= 0.3 is 5.63 Å². The summed E-state index contributed by atoms with van der Waals surface area (Å²) in [6.07, 6.45) is 0. The van der Waals surface area contributed by atoms with E-state index in [1.807, 2.05) is 30.3 Å². The number of phenols is 1. The molecule has 0 saturated carbocycles. The van der Waals surface area contributed by atoms with Crippen molar-refractivity contribution in [3.05, 3.63) is 77.2 Å². The van der Waals surface area contributed by atoms with Crippen molar-refractivity contribution in [3.8, 4) is 28.7 Å². The average molecular weight is 356 g/mol. The standard InChI is InChI=1S/C21H12N2O4/c24-17-8-4-3-7-14(17)19-22-23-20(27-19)16-11-15-13-6-2-1-5-12(13)9-10-18(15)26-21(16)25/h1-11,24H. The van der Waals surface area contributed by atoms with Gasteiger partial charge in [0.05, 0.1) is 5.56 Å². The highest BCUT2D eigenvalue weighted by Crippen LogP contribution is 2.31.